The van der Waals surface area contributed by atoms with Gasteiger partial charge in [0.15, 0.2) is 5.82 Å². The molecule has 0 aromatic heterocycles. The number of ether oxygens (including phenoxy) is 1. The number of carbonyl (C=O) groups is 1. The van der Waals surface area contributed by atoms with Crippen LogP contribution in [0.3, 0.4) is 0 Å². The van der Waals surface area contributed by atoms with Gasteiger partial charge < -0.3 is 14.7 Å². The second kappa shape index (κ2) is 6.91. The largest absolute Gasteiger partial charge is 0.462 e. The number of benzene rings is 1. The number of aliphatic hydroxyl groups is 1. The van der Waals surface area contributed by atoms with Crippen LogP contribution >= 0.6 is 0 Å². The van der Waals surface area contributed by atoms with Gasteiger partial charge in [-0.2, -0.15) is 0 Å². The Bertz CT molecular complexity index is 622. The molecule has 126 valence electrons. The number of piperidine rings is 1. The third kappa shape index (κ3) is 3.58. The molecule has 7 nitrogen and oxygen atoms in total. The van der Waals surface area contributed by atoms with Crippen molar-refractivity contribution in [2.24, 2.45) is 5.92 Å². The van der Waals surface area contributed by atoms with Crippen LogP contribution in [-0.2, 0) is 4.74 Å². The van der Waals surface area contributed by atoms with Crippen LogP contribution in [0.15, 0.2) is 12.1 Å². The van der Waals surface area contributed by atoms with Crippen LogP contribution in [0.1, 0.15) is 30.6 Å². The molecule has 0 radical (unpaired) electrons. The molecule has 1 heterocycles. The molecule has 1 N–H and O–H groups in total. The van der Waals surface area contributed by atoms with Crippen molar-refractivity contribution >= 4 is 17.3 Å². The lowest BCUT2D eigenvalue weighted by atomic mass is 9.95. The van der Waals surface area contributed by atoms with Gasteiger partial charge in [-0.1, -0.05) is 6.92 Å². The van der Waals surface area contributed by atoms with Crippen LogP contribution in [0.25, 0.3) is 0 Å². The zero-order valence-electron chi connectivity index (χ0n) is 13.0. The normalized spacial score (nSPS) is 21.1. The number of nitrogens with zero attached hydrogens (tertiary/aromatic N) is 2. The Morgan fingerprint density at radius 3 is 2.83 bits per heavy atom. The van der Waals surface area contributed by atoms with Crippen molar-refractivity contribution in [3.8, 4) is 0 Å². The van der Waals surface area contributed by atoms with E-state index >= 15 is 0 Å². The lowest BCUT2D eigenvalue weighted by Gasteiger charge is -2.36. The number of non-ortho nitro benzene ring substituents is 1. The first-order valence-electron chi connectivity index (χ1n) is 7.43. The standard InChI is InChI=1S/C15H19FN2O5/c1-3-23-15(20)11-6-10(18(21)22)7-12(16)14(11)17-5-4-9(2)13(19)8-17/h6-7,9,13,19H,3-5,8H2,1-2H3. The van der Waals surface area contributed by atoms with Gasteiger partial charge in [0.25, 0.3) is 5.69 Å². The summed E-state index contributed by atoms with van der Waals surface area (Å²) in [5.74, 6) is -1.62. The van der Waals surface area contributed by atoms with Crippen molar-refractivity contribution in [2.45, 2.75) is 26.4 Å². The molecule has 0 saturated carbocycles. The number of nitro benzene ring substituents is 1. The summed E-state index contributed by atoms with van der Waals surface area (Å²) in [5, 5.41) is 20.9. The topological polar surface area (TPSA) is 92.9 Å². The van der Waals surface area contributed by atoms with Crippen molar-refractivity contribution in [3.63, 3.8) is 0 Å². The van der Waals surface area contributed by atoms with E-state index in [0.717, 1.165) is 12.1 Å². The number of nitro groups is 1. The summed E-state index contributed by atoms with van der Waals surface area (Å²) >= 11 is 0. The first-order valence-corrected chi connectivity index (χ1v) is 7.43. The van der Waals surface area contributed by atoms with E-state index < -0.39 is 28.5 Å². The van der Waals surface area contributed by atoms with Crippen molar-refractivity contribution in [1.29, 1.82) is 0 Å². The summed E-state index contributed by atoms with van der Waals surface area (Å²) < 4.78 is 19.3. The van der Waals surface area contributed by atoms with Gasteiger partial charge in [-0.25, -0.2) is 9.18 Å². The SMILES string of the molecule is CCOC(=O)c1cc([N+](=O)[O-])cc(F)c1N1CCC(C)C(O)C1. The van der Waals surface area contributed by atoms with E-state index in [-0.39, 0.29) is 30.3 Å². The highest BCUT2D eigenvalue weighted by Crippen LogP contribution is 2.33. The Morgan fingerprint density at radius 1 is 1.57 bits per heavy atom. The molecule has 23 heavy (non-hydrogen) atoms. The van der Waals surface area contributed by atoms with Crippen molar-refractivity contribution in [1.82, 2.24) is 0 Å². The zero-order valence-corrected chi connectivity index (χ0v) is 13.0. The first-order chi connectivity index (χ1) is 10.8. The van der Waals surface area contributed by atoms with Gasteiger partial charge in [-0.3, -0.25) is 10.1 Å². The molecule has 1 aliphatic rings. The van der Waals surface area contributed by atoms with E-state index in [4.69, 9.17) is 4.74 Å². The molecule has 2 atom stereocenters. The molecule has 2 rings (SSSR count). The molecular weight excluding hydrogens is 307 g/mol. The average Bonchev–Trinajstić information content (AvgIpc) is 2.49. The van der Waals surface area contributed by atoms with Crippen LogP contribution in [0.5, 0.6) is 0 Å². The minimum atomic E-state index is -0.871. The van der Waals surface area contributed by atoms with Crippen molar-refractivity contribution in [3.05, 3.63) is 33.6 Å². The molecule has 1 fully saturated rings. The molecule has 0 aliphatic carbocycles. The second-order valence-corrected chi connectivity index (χ2v) is 5.58. The highest BCUT2D eigenvalue weighted by atomic mass is 19.1. The Balaban J connectivity index is 2.48. The third-order valence-corrected chi connectivity index (χ3v) is 3.99. The molecular formula is C15H19FN2O5. The van der Waals surface area contributed by atoms with Crippen molar-refractivity contribution in [2.75, 3.05) is 24.6 Å². The maximum absolute atomic E-state index is 14.4. The highest BCUT2D eigenvalue weighted by molar-refractivity contribution is 5.97. The number of anilines is 1. The van der Waals surface area contributed by atoms with Crippen LogP contribution in [0.4, 0.5) is 15.8 Å². The highest BCUT2D eigenvalue weighted by Gasteiger charge is 2.31. The number of β-amino-alcohol motifs (C(OH)–C–C–N with tert-alkyl or cyclic N) is 1. The first kappa shape index (κ1) is 17.1. The van der Waals surface area contributed by atoms with Crippen LogP contribution < -0.4 is 4.90 Å². The van der Waals surface area contributed by atoms with Crippen LogP contribution in [0.2, 0.25) is 0 Å². The average molecular weight is 326 g/mol. The maximum Gasteiger partial charge on any atom is 0.340 e. The summed E-state index contributed by atoms with van der Waals surface area (Å²) in [5.41, 5.74) is -0.763. The fourth-order valence-corrected chi connectivity index (χ4v) is 2.63. The van der Waals surface area contributed by atoms with Gasteiger partial charge in [-0.05, 0) is 19.3 Å². The van der Waals surface area contributed by atoms with E-state index in [1.807, 2.05) is 6.92 Å². The Kier molecular flexibility index (Phi) is 5.15. The van der Waals surface area contributed by atoms with Gasteiger partial charge in [0, 0.05) is 19.2 Å². The van der Waals surface area contributed by atoms with Gasteiger partial charge in [0.1, 0.15) is 0 Å². The van der Waals surface area contributed by atoms with E-state index in [1.54, 1.807) is 6.92 Å². The lowest BCUT2D eigenvalue weighted by Crippen LogP contribution is -2.44. The van der Waals surface area contributed by atoms with Crippen molar-refractivity contribution < 1.29 is 24.0 Å². The predicted molar refractivity (Wildman–Crippen MR) is 81.0 cm³/mol. The number of hydrogen-bond donors (Lipinski definition) is 1. The molecule has 0 bridgehead atoms. The molecule has 1 aromatic carbocycles. The molecule has 2 unspecified atom stereocenters. The zero-order chi connectivity index (χ0) is 17.1. The van der Waals surface area contributed by atoms with Gasteiger partial charge >= 0.3 is 5.97 Å². The summed E-state index contributed by atoms with van der Waals surface area (Å²) in [7, 11) is 0. The molecule has 0 amide bonds. The number of carbonyl (C=O) groups excluding carboxylic acids is 1. The Morgan fingerprint density at radius 2 is 2.26 bits per heavy atom. The summed E-state index contributed by atoms with van der Waals surface area (Å²) in [6.45, 7) is 4.15. The van der Waals surface area contributed by atoms with E-state index in [2.05, 4.69) is 0 Å². The minimum Gasteiger partial charge on any atom is -0.462 e. The van der Waals surface area contributed by atoms with Gasteiger partial charge in [0.2, 0.25) is 0 Å². The number of esters is 1. The Hall–Kier alpha value is -2.22. The quantitative estimate of drug-likeness (QED) is 0.517. The second-order valence-electron chi connectivity index (χ2n) is 5.58. The molecule has 0 spiro atoms. The number of halogens is 1. The minimum absolute atomic E-state index is 0.0556. The third-order valence-electron chi connectivity index (χ3n) is 3.99. The maximum atomic E-state index is 14.4. The predicted octanol–water partition coefficient (Wildman–Crippen LogP) is 2.12. The molecule has 1 aliphatic heterocycles. The summed E-state index contributed by atoms with van der Waals surface area (Å²) in [6.07, 6.45) is -0.0340. The fourth-order valence-electron chi connectivity index (χ4n) is 2.63. The molecule has 1 saturated heterocycles. The number of hydrogen-bond acceptors (Lipinski definition) is 6. The van der Waals surface area contributed by atoms with Crippen LogP contribution in [-0.4, -0.2) is 41.8 Å². The smallest absolute Gasteiger partial charge is 0.340 e. The molecule has 8 heteroatoms. The van der Waals surface area contributed by atoms with E-state index in [9.17, 15) is 24.4 Å². The lowest BCUT2D eigenvalue weighted by molar-refractivity contribution is -0.385. The van der Waals surface area contributed by atoms with Gasteiger partial charge in [-0.15, -0.1) is 0 Å². The Labute approximate surface area is 132 Å². The van der Waals surface area contributed by atoms with Gasteiger partial charge in [0.05, 0.1) is 35.0 Å². The van der Waals surface area contributed by atoms with E-state index in [0.29, 0.717) is 13.0 Å². The summed E-state index contributed by atoms with van der Waals surface area (Å²) in [6, 6.07) is 1.79. The van der Waals surface area contributed by atoms with Crippen LogP contribution in [0, 0.1) is 21.8 Å². The van der Waals surface area contributed by atoms with E-state index in [1.165, 1.54) is 4.90 Å². The fraction of sp³-hybridized carbons (Fsp3) is 0.533. The summed E-state index contributed by atoms with van der Waals surface area (Å²) in [4.78, 5) is 23.8. The molecule has 1 aromatic rings. The number of rotatable bonds is 4. The number of aliphatic hydroxyl groups excluding tert-OH is 1. The monoisotopic (exact) mass is 326 g/mol.